The van der Waals surface area contributed by atoms with E-state index in [1.54, 1.807) is 0 Å². The maximum absolute atomic E-state index is 13.9. The number of likely N-dealkylation sites (tertiary alicyclic amines) is 1. The minimum absolute atomic E-state index is 0.0426. The molecule has 3 amide bonds. The lowest BCUT2D eigenvalue weighted by atomic mass is 9.82. The number of hydrogen-bond donors (Lipinski definition) is 3. The molecule has 2 saturated carbocycles. The molecule has 10 nitrogen and oxygen atoms in total. The summed E-state index contributed by atoms with van der Waals surface area (Å²) in [5.41, 5.74) is -0.549. The average molecular weight is 514 g/mol. The van der Waals surface area contributed by atoms with Gasteiger partial charge in [0, 0.05) is 18.9 Å². The van der Waals surface area contributed by atoms with Crippen molar-refractivity contribution in [2.45, 2.75) is 90.3 Å². The smallest absolute Gasteiger partial charge is 0.326 e. The van der Waals surface area contributed by atoms with Crippen LogP contribution in [0.1, 0.15) is 82.6 Å². The number of carbonyl (C=O) groups is 4. The van der Waals surface area contributed by atoms with Gasteiger partial charge in [-0.15, -0.1) is 0 Å². The van der Waals surface area contributed by atoms with Crippen molar-refractivity contribution in [3.8, 4) is 0 Å². The molecule has 3 fully saturated rings. The molecule has 0 radical (unpaired) electrons. The molecule has 1 aromatic rings. The lowest BCUT2D eigenvalue weighted by molar-refractivity contribution is -0.152. The zero-order valence-corrected chi connectivity index (χ0v) is 22.0. The van der Waals surface area contributed by atoms with Crippen LogP contribution >= 0.6 is 0 Å². The van der Waals surface area contributed by atoms with Gasteiger partial charge < -0.3 is 20.6 Å². The molecule has 2 heterocycles. The van der Waals surface area contributed by atoms with Crippen molar-refractivity contribution in [1.82, 2.24) is 25.5 Å². The third-order valence-corrected chi connectivity index (χ3v) is 8.31. The van der Waals surface area contributed by atoms with Gasteiger partial charge in [-0.05, 0) is 48.9 Å². The molecule has 1 saturated heterocycles. The normalized spacial score (nSPS) is 25.7. The Hall–Kier alpha value is -3.04. The maximum Gasteiger partial charge on any atom is 0.326 e. The van der Waals surface area contributed by atoms with Crippen molar-refractivity contribution < 1.29 is 24.3 Å². The predicted molar refractivity (Wildman–Crippen MR) is 135 cm³/mol. The van der Waals surface area contributed by atoms with Gasteiger partial charge in [-0.25, -0.2) is 9.78 Å². The van der Waals surface area contributed by atoms with Crippen molar-refractivity contribution in [2.75, 3.05) is 6.54 Å². The van der Waals surface area contributed by atoms with Crippen molar-refractivity contribution in [3.63, 3.8) is 0 Å². The predicted octanol–water partition coefficient (Wildman–Crippen LogP) is 2.40. The lowest BCUT2D eigenvalue weighted by Gasteiger charge is -2.37. The number of carboxylic acid groups (broad SMARTS) is 1. The number of rotatable bonds is 7. The van der Waals surface area contributed by atoms with E-state index in [2.05, 4.69) is 20.6 Å². The Kier molecular flexibility index (Phi) is 8.14. The fraction of sp³-hybridized carbons (Fsp3) is 0.704. The number of carboxylic acids is 1. The molecule has 1 aromatic heterocycles. The first kappa shape index (κ1) is 27.0. The summed E-state index contributed by atoms with van der Waals surface area (Å²) in [4.78, 5) is 62.2. The number of fused-ring (bicyclic) bond motifs is 1. The van der Waals surface area contributed by atoms with E-state index in [1.165, 1.54) is 23.5 Å². The summed E-state index contributed by atoms with van der Waals surface area (Å²) in [7, 11) is 0. The Morgan fingerprint density at radius 2 is 1.73 bits per heavy atom. The molecule has 0 aromatic carbocycles. The maximum atomic E-state index is 13.9. The van der Waals surface area contributed by atoms with Crippen LogP contribution in [0.2, 0.25) is 0 Å². The topological polar surface area (TPSA) is 142 Å². The quantitative estimate of drug-likeness (QED) is 0.508. The minimum Gasteiger partial charge on any atom is -0.480 e. The minimum atomic E-state index is -0.988. The zero-order chi connectivity index (χ0) is 26.7. The highest BCUT2D eigenvalue weighted by molar-refractivity contribution is 5.97. The third-order valence-electron chi connectivity index (χ3n) is 8.31. The Labute approximate surface area is 218 Å². The molecule has 2 aliphatic carbocycles. The van der Waals surface area contributed by atoms with E-state index in [4.69, 9.17) is 0 Å². The number of hydrogen-bond acceptors (Lipinski definition) is 6. The number of amides is 3. The van der Waals surface area contributed by atoms with Gasteiger partial charge in [0.2, 0.25) is 11.8 Å². The van der Waals surface area contributed by atoms with Gasteiger partial charge in [0.05, 0.1) is 6.20 Å². The highest BCUT2D eigenvalue weighted by Crippen LogP contribution is 2.43. The molecule has 5 atom stereocenters. The average Bonchev–Trinajstić information content (AvgIpc) is 3.47. The third kappa shape index (κ3) is 5.93. The Morgan fingerprint density at radius 1 is 1.00 bits per heavy atom. The fourth-order valence-electron chi connectivity index (χ4n) is 6.39. The molecule has 3 N–H and O–H groups in total. The summed E-state index contributed by atoms with van der Waals surface area (Å²) in [5.74, 6) is -2.20. The second-order valence-electron chi connectivity index (χ2n) is 11.9. The summed E-state index contributed by atoms with van der Waals surface area (Å²) in [6.07, 6.45) is 11.5. The van der Waals surface area contributed by atoms with Gasteiger partial charge in [-0.3, -0.25) is 19.4 Å². The van der Waals surface area contributed by atoms with Crippen LogP contribution in [0.5, 0.6) is 0 Å². The van der Waals surface area contributed by atoms with E-state index in [0.717, 1.165) is 51.4 Å². The number of nitrogens with zero attached hydrogens (tertiary/aromatic N) is 3. The molecular weight excluding hydrogens is 474 g/mol. The molecule has 4 unspecified atom stereocenters. The Bertz CT molecular complexity index is 1000. The van der Waals surface area contributed by atoms with Crippen LogP contribution < -0.4 is 10.6 Å². The van der Waals surface area contributed by atoms with Gasteiger partial charge in [0.1, 0.15) is 23.8 Å². The molecule has 4 rings (SSSR count). The van der Waals surface area contributed by atoms with Crippen LogP contribution in [0.25, 0.3) is 0 Å². The van der Waals surface area contributed by atoms with E-state index in [9.17, 15) is 24.3 Å². The molecule has 37 heavy (non-hydrogen) atoms. The van der Waals surface area contributed by atoms with Gasteiger partial charge in [0.15, 0.2) is 0 Å². The molecule has 3 aliphatic rings. The van der Waals surface area contributed by atoms with Crippen LogP contribution in [-0.2, 0) is 14.4 Å². The van der Waals surface area contributed by atoms with Crippen LogP contribution in [0, 0.1) is 23.2 Å². The molecule has 202 valence electrons. The highest BCUT2D eigenvalue weighted by atomic mass is 16.4. The zero-order valence-electron chi connectivity index (χ0n) is 22.0. The first-order valence-electron chi connectivity index (χ1n) is 13.5. The van der Waals surface area contributed by atoms with Gasteiger partial charge >= 0.3 is 5.97 Å². The van der Waals surface area contributed by atoms with E-state index in [-0.39, 0.29) is 29.4 Å². The van der Waals surface area contributed by atoms with Crippen molar-refractivity contribution in [1.29, 1.82) is 0 Å². The molecule has 1 aliphatic heterocycles. The number of aliphatic carboxylic acids is 1. The van der Waals surface area contributed by atoms with Crippen LogP contribution in [0.15, 0.2) is 18.6 Å². The second kappa shape index (κ2) is 11.1. The summed E-state index contributed by atoms with van der Waals surface area (Å²) in [6, 6.07) is -2.63. The molecule has 0 bridgehead atoms. The highest BCUT2D eigenvalue weighted by Gasteiger charge is 2.52. The van der Waals surface area contributed by atoms with E-state index >= 15 is 0 Å². The molecular formula is C27H39N5O5. The largest absolute Gasteiger partial charge is 0.480 e. The Balaban J connectivity index is 1.56. The van der Waals surface area contributed by atoms with Crippen molar-refractivity contribution >= 4 is 23.7 Å². The molecule has 0 spiro atoms. The van der Waals surface area contributed by atoms with Crippen LogP contribution in [0.4, 0.5) is 0 Å². The number of carbonyl (C=O) groups excluding carboxylic acids is 3. The second-order valence-corrected chi connectivity index (χ2v) is 11.9. The van der Waals surface area contributed by atoms with E-state index in [0.29, 0.717) is 6.54 Å². The first-order chi connectivity index (χ1) is 17.6. The van der Waals surface area contributed by atoms with Crippen LogP contribution in [-0.4, -0.2) is 68.3 Å². The van der Waals surface area contributed by atoms with E-state index in [1.807, 2.05) is 20.8 Å². The first-order valence-corrected chi connectivity index (χ1v) is 13.5. The number of nitrogens with one attached hydrogen (secondary N) is 2. The lowest BCUT2D eigenvalue weighted by Crippen LogP contribution is -2.61. The standard InChI is InChI=1S/C27H39N5O5/c1-27(2,3)22(25(35)32-15-17-10-7-11-18(17)21(32)26(36)37)31-24(34)20(16-8-5-4-6-9-16)30-23(33)19-14-28-12-13-29-19/h12-14,16-18,20-22H,4-11,15H2,1-3H3,(H,30,33)(H,31,34)(H,36,37)/t17?,18?,20-,21?,22?/m0/s1. The van der Waals surface area contributed by atoms with E-state index < -0.39 is 41.3 Å². The van der Waals surface area contributed by atoms with Gasteiger partial charge in [0.25, 0.3) is 5.91 Å². The van der Waals surface area contributed by atoms with Crippen molar-refractivity contribution in [3.05, 3.63) is 24.3 Å². The Morgan fingerprint density at radius 3 is 2.35 bits per heavy atom. The summed E-state index contributed by atoms with van der Waals surface area (Å²) in [6.45, 7) is 5.97. The number of aromatic nitrogens is 2. The van der Waals surface area contributed by atoms with Gasteiger partial charge in [-0.1, -0.05) is 46.5 Å². The van der Waals surface area contributed by atoms with Crippen LogP contribution in [0.3, 0.4) is 0 Å². The monoisotopic (exact) mass is 513 g/mol. The fourth-order valence-corrected chi connectivity index (χ4v) is 6.39. The summed E-state index contributed by atoms with van der Waals surface area (Å²) in [5, 5.41) is 15.8. The van der Waals surface area contributed by atoms with Crippen molar-refractivity contribution in [2.24, 2.45) is 23.2 Å². The summed E-state index contributed by atoms with van der Waals surface area (Å²) < 4.78 is 0. The molecule has 10 heteroatoms. The summed E-state index contributed by atoms with van der Waals surface area (Å²) >= 11 is 0. The van der Waals surface area contributed by atoms with Gasteiger partial charge in [-0.2, -0.15) is 0 Å². The SMILES string of the molecule is CC(C)(C)C(NC(=O)[C@@H](NC(=O)c1cnccn1)C1CCCCC1)C(=O)N1CC2CCCC2C1C(=O)O.